The third kappa shape index (κ3) is 5.84. The van der Waals surface area contributed by atoms with Crippen molar-refractivity contribution >= 4 is 11.9 Å². The number of rotatable bonds is 8. The summed E-state index contributed by atoms with van der Waals surface area (Å²) in [5.74, 6) is -4.61. The average Bonchev–Trinajstić information content (AvgIpc) is 3.18. The lowest BCUT2D eigenvalue weighted by atomic mass is 9.89. The summed E-state index contributed by atoms with van der Waals surface area (Å²) in [5, 5.41) is 14.9. The molecule has 1 aromatic carbocycles. The Kier molecular flexibility index (Phi) is 8.13. The molecule has 2 fully saturated rings. The predicted molar refractivity (Wildman–Crippen MR) is 115 cm³/mol. The van der Waals surface area contributed by atoms with Gasteiger partial charge in [0.25, 0.3) is 5.79 Å². The Labute approximate surface area is 196 Å². The molecule has 0 spiro atoms. The predicted octanol–water partition coefficient (Wildman–Crippen LogP) is 1.98. The van der Waals surface area contributed by atoms with Crippen LogP contribution in [0.4, 0.5) is 0 Å². The molecule has 2 heterocycles. The molecule has 2 saturated heterocycles. The van der Waals surface area contributed by atoms with Gasteiger partial charge < -0.3 is 33.5 Å². The molecule has 6 atom stereocenters. The third-order valence-electron chi connectivity index (χ3n) is 5.58. The fraction of sp³-hybridized carbons (Fsp3) is 0.636. The van der Waals surface area contributed by atoms with Crippen LogP contribution in [0.3, 0.4) is 0 Å². The van der Waals surface area contributed by atoms with Gasteiger partial charge >= 0.3 is 11.9 Å². The van der Waals surface area contributed by atoms with Gasteiger partial charge in [-0.2, -0.15) is 0 Å². The number of carbonyl (C=O) groups is 2. The second-order valence-corrected chi connectivity index (χ2v) is 8.51. The molecule has 0 unspecified atom stereocenters. The zero-order valence-electron chi connectivity index (χ0n) is 19.4. The molecule has 2 aliphatic heterocycles. The van der Waals surface area contributed by atoms with Gasteiger partial charge in [-0.1, -0.05) is 35.4 Å². The van der Waals surface area contributed by atoms with E-state index in [-0.39, 0.29) is 19.6 Å². The van der Waals surface area contributed by atoms with Crippen LogP contribution in [0.25, 0.3) is 10.4 Å². The van der Waals surface area contributed by atoms with E-state index in [0.717, 1.165) is 12.7 Å². The van der Waals surface area contributed by atoms with Crippen LogP contribution in [0.1, 0.15) is 32.8 Å². The van der Waals surface area contributed by atoms with Gasteiger partial charge in [-0.3, -0.25) is 4.79 Å². The Bertz CT molecular complexity index is 921. The highest BCUT2D eigenvalue weighted by molar-refractivity contribution is 5.78. The normalized spacial score (nSPS) is 31.2. The van der Waals surface area contributed by atoms with Crippen molar-refractivity contribution in [2.45, 2.75) is 75.8 Å². The molecule has 0 aliphatic carbocycles. The first-order valence-electron chi connectivity index (χ1n) is 10.8. The van der Waals surface area contributed by atoms with E-state index >= 15 is 0 Å². The molecule has 0 bridgehead atoms. The zero-order chi connectivity index (χ0) is 24.9. The maximum absolute atomic E-state index is 12.9. The summed E-state index contributed by atoms with van der Waals surface area (Å²) >= 11 is 0. The van der Waals surface area contributed by atoms with Crippen LogP contribution in [0.5, 0.6) is 0 Å². The molecule has 0 saturated carbocycles. The quantitative estimate of drug-likeness (QED) is 0.255. The minimum absolute atomic E-state index is 0.0192. The summed E-state index contributed by atoms with van der Waals surface area (Å²) in [6.07, 6.45) is -5.15. The van der Waals surface area contributed by atoms with Crippen molar-refractivity contribution in [2.24, 2.45) is 5.11 Å². The highest BCUT2D eigenvalue weighted by atomic mass is 16.8. The standard InChI is InChI=1S/C22H29N3O9/c1-13(26)32-15-10-22(20(28)29-4,31-11-14-8-6-5-7-9-14)34-19(17(15)24-25-23)18(27)16-12-30-21(2,3)33-16/h5-9,15-19,27H,10-12H2,1-4H3/t15-,16+,17+,18+,19+,22+/m0/s1. The number of aliphatic hydroxyl groups excluding tert-OH is 1. The average molecular weight is 479 g/mol. The Morgan fingerprint density at radius 3 is 2.56 bits per heavy atom. The lowest BCUT2D eigenvalue weighted by Crippen LogP contribution is -2.64. The topological polar surface area (TPSA) is 159 Å². The molecule has 1 aromatic rings. The minimum atomic E-state index is -2.06. The number of azide groups is 1. The van der Waals surface area contributed by atoms with Crippen molar-refractivity contribution in [1.29, 1.82) is 0 Å². The Hall–Kier alpha value is -2.73. The van der Waals surface area contributed by atoms with E-state index in [4.69, 9.17) is 34.0 Å². The number of nitrogens with zero attached hydrogens (tertiary/aromatic N) is 3. The molecule has 186 valence electrons. The van der Waals surface area contributed by atoms with Crippen LogP contribution in [0.15, 0.2) is 35.4 Å². The van der Waals surface area contributed by atoms with E-state index in [2.05, 4.69) is 10.0 Å². The van der Waals surface area contributed by atoms with Gasteiger partial charge in [-0.15, -0.1) is 0 Å². The van der Waals surface area contributed by atoms with Crippen LogP contribution in [0.2, 0.25) is 0 Å². The van der Waals surface area contributed by atoms with Crippen LogP contribution in [-0.4, -0.2) is 72.8 Å². The lowest BCUT2D eigenvalue weighted by molar-refractivity contribution is -0.315. The number of benzene rings is 1. The third-order valence-corrected chi connectivity index (χ3v) is 5.58. The molecule has 0 radical (unpaired) electrons. The van der Waals surface area contributed by atoms with Gasteiger partial charge in [0.2, 0.25) is 0 Å². The summed E-state index contributed by atoms with van der Waals surface area (Å²) in [6, 6.07) is 7.83. The molecule has 12 heteroatoms. The Morgan fingerprint density at radius 2 is 2.00 bits per heavy atom. The smallest absolute Gasteiger partial charge is 0.366 e. The van der Waals surface area contributed by atoms with E-state index in [1.807, 2.05) is 6.07 Å². The number of ether oxygens (including phenoxy) is 6. The van der Waals surface area contributed by atoms with Crippen LogP contribution < -0.4 is 0 Å². The second kappa shape index (κ2) is 10.7. The largest absolute Gasteiger partial charge is 0.465 e. The summed E-state index contributed by atoms with van der Waals surface area (Å²) in [6.45, 7) is 4.50. The fourth-order valence-corrected chi connectivity index (χ4v) is 4.04. The summed E-state index contributed by atoms with van der Waals surface area (Å²) in [5.41, 5.74) is 9.90. The maximum Gasteiger partial charge on any atom is 0.366 e. The highest BCUT2D eigenvalue weighted by Crippen LogP contribution is 2.39. The highest BCUT2D eigenvalue weighted by Gasteiger charge is 2.58. The first-order chi connectivity index (χ1) is 16.1. The van der Waals surface area contributed by atoms with Gasteiger partial charge in [0.05, 0.1) is 26.7 Å². The van der Waals surface area contributed by atoms with Crippen molar-refractivity contribution in [3.8, 4) is 0 Å². The minimum Gasteiger partial charge on any atom is -0.465 e. The van der Waals surface area contributed by atoms with Crippen molar-refractivity contribution in [1.82, 2.24) is 0 Å². The van der Waals surface area contributed by atoms with Gasteiger partial charge in [0.15, 0.2) is 5.79 Å². The first kappa shape index (κ1) is 25.9. The number of methoxy groups -OCH3 is 1. The van der Waals surface area contributed by atoms with E-state index in [1.165, 1.54) is 6.92 Å². The van der Waals surface area contributed by atoms with E-state index < -0.39 is 54.0 Å². The number of hydrogen-bond donors (Lipinski definition) is 1. The lowest BCUT2D eigenvalue weighted by Gasteiger charge is -2.46. The fourth-order valence-electron chi connectivity index (χ4n) is 4.04. The Balaban J connectivity index is 1.98. The molecule has 3 rings (SSSR count). The van der Waals surface area contributed by atoms with Crippen LogP contribution >= 0.6 is 0 Å². The summed E-state index contributed by atoms with van der Waals surface area (Å²) in [4.78, 5) is 27.6. The molecule has 12 nitrogen and oxygen atoms in total. The molecular formula is C22H29N3O9. The first-order valence-corrected chi connectivity index (χ1v) is 10.8. The van der Waals surface area contributed by atoms with E-state index in [1.54, 1.807) is 38.1 Å². The maximum atomic E-state index is 12.9. The molecule has 0 amide bonds. The van der Waals surface area contributed by atoms with Crippen LogP contribution in [-0.2, 0) is 44.6 Å². The Morgan fingerprint density at radius 1 is 1.29 bits per heavy atom. The van der Waals surface area contributed by atoms with Crippen LogP contribution in [0, 0.1) is 0 Å². The van der Waals surface area contributed by atoms with Crippen molar-refractivity contribution in [3.63, 3.8) is 0 Å². The second-order valence-electron chi connectivity index (χ2n) is 8.51. The number of carbonyl (C=O) groups excluding carboxylic acids is 2. The molecule has 34 heavy (non-hydrogen) atoms. The van der Waals surface area contributed by atoms with Crippen molar-refractivity contribution < 1.29 is 43.1 Å². The SMILES string of the molecule is COC(=O)[C@@]1(OCc2ccccc2)C[C@H](OC(C)=O)[C@@H](N=[N+]=[N-])[C@H]([C@H](O)[C@H]2COC(C)(C)O2)O1. The number of aliphatic hydroxyl groups is 1. The molecule has 1 N–H and O–H groups in total. The van der Waals surface area contributed by atoms with Gasteiger partial charge in [0.1, 0.15) is 30.5 Å². The van der Waals surface area contributed by atoms with Crippen molar-refractivity contribution in [2.75, 3.05) is 13.7 Å². The van der Waals surface area contributed by atoms with E-state index in [9.17, 15) is 14.7 Å². The number of hydrogen-bond acceptors (Lipinski definition) is 10. The zero-order valence-corrected chi connectivity index (χ0v) is 19.4. The monoisotopic (exact) mass is 479 g/mol. The summed E-state index contributed by atoms with van der Waals surface area (Å²) < 4.78 is 33.6. The molecular weight excluding hydrogens is 450 g/mol. The van der Waals surface area contributed by atoms with Gasteiger partial charge in [-0.05, 0) is 24.9 Å². The molecule has 2 aliphatic rings. The summed E-state index contributed by atoms with van der Waals surface area (Å²) in [7, 11) is 1.15. The van der Waals surface area contributed by atoms with E-state index in [0.29, 0.717) is 0 Å². The van der Waals surface area contributed by atoms with Gasteiger partial charge in [0, 0.05) is 11.8 Å². The van der Waals surface area contributed by atoms with Gasteiger partial charge in [-0.25, -0.2) is 4.79 Å². The molecule has 0 aromatic heterocycles. The van der Waals surface area contributed by atoms with Crippen molar-refractivity contribution in [3.05, 3.63) is 46.3 Å². The number of esters is 2.